The maximum Gasteiger partial charge on any atom is 0.231 e. The highest BCUT2D eigenvalue weighted by Crippen LogP contribution is 2.23. The Morgan fingerprint density at radius 1 is 1.39 bits per heavy atom. The molecule has 0 fully saturated rings. The minimum Gasteiger partial charge on any atom is -0.330 e. The second-order valence-electron chi connectivity index (χ2n) is 4.44. The zero-order valence-electron chi connectivity index (χ0n) is 11.6. The molecular formula is C14H23ClN2O. The van der Waals surface area contributed by atoms with Crippen molar-refractivity contribution >= 4 is 24.0 Å². The molecule has 1 unspecified atom stereocenters. The standard InChI is InChI=1S/C14H22N2O.ClH/c1-5-16(14(17)11(3)9-15)13-8-6-7-10(2)12(13)4;/h6-8,11H,5,9,15H2,1-4H3;1H. The average Bonchev–Trinajstić information content (AvgIpc) is 2.34. The molecule has 1 aromatic rings. The fourth-order valence-electron chi connectivity index (χ4n) is 1.84. The molecule has 3 nitrogen and oxygen atoms in total. The van der Waals surface area contributed by atoms with E-state index in [1.54, 1.807) is 0 Å². The second-order valence-corrected chi connectivity index (χ2v) is 4.44. The van der Waals surface area contributed by atoms with Crippen molar-refractivity contribution in [3.63, 3.8) is 0 Å². The van der Waals surface area contributed by atoms with Gasteiger partial charge in [-0.15, -0.1) is 12.4 Å². The first kappa shape index (κ1) is 16.9. The van der Waals surface area contributed by atoms with Crippen LogP contribution in [0.1, 0.15) is 25.0 Å². The monoisotopic (exact) mass is 270 g/mol. The Bertz CT molecular complexity index is 407. The molecule has 0 saturated heterocycles. The number of rotatable bonds is 4. The number of aryl methyl sites for hydroxylation is 1. The van der Waals surface area contributed by atoms with Crippen molar-refractivity contribution in [3.05, 3.63) is 29.3 Å². The number of hydrogen-bond donors (Lipinski definition) is 1. The normalized spacial score (nSPS) is 11.6. The lowest BCUT2D eigenvalue weighted by Crippen LogP contribution is -2.38. The minimum atomic E-state index is -0.130. The van der Waals surface area contributed by atoms with E-state index < -0.39 is 0 Å². The van der Waals surface area contributed by atoms with E-state index in [0.717, 1.165) is 11.3 Å². The van der Waals surface area contributed by atoms with Crippen LogP contribution in [-0.4, -0.2) is 19.0 Å². The third-order valence-corrected chi connectivity index (χ3v) is 3.22. The minimum absolute atomic E-state index is 0. The van der Waals surface area contributed by atoms with Crippen molar-refractivity contribution in [3.8, 4) is 0 Å². The fraction of sp³-hybridized carbons (Fsp3) is 0.500. The maximum absolute atomic E-state index is 12.2. The predicted octanol–water partition coefficient (Wildman–Crippen LogP) is 2.67. The molecule has 0 aliphatic rings. The van der Waals surface area contributed by atoms with E-state index in [0.29, 0.717) is 13.1 Å². The summed E-state index contributed by atoms with van der Waals surface area (Å²) in [4.78, 5) is 14.0. The lowest BCUT2D eigenvalue weighted by atomic mass is 10.1. The highest BCUT2D eigenvalue weighted by atomic mass is 35.5. The van der Waals surface area contributed by atoms with Gasteiger partial charge in [0, 0.05) is 24.7 Å². The Morgan fingerprint density at radius 3 is 2.50 bits per heavy atom. The van der Waals surface area contributed by atoms with Gasteiger partial charge in [-0.1, -0.05) is 19.1 Å². The number of carbonyl (C=O) groups excluding carboxylic acids is 1. The van der Waals surface area contributed by atoms with Crippen LogP contribution >= 0.6 is 12.4 Å². The zero-order chi connectivity index (χ0) is 13.0. The van der Waals surface area contributed by atoms with Crippen molar-refractivity contribution in [2.45, 2.75) is 27.7 Å². The van der Waals surface area contributed by atoms with Crippen LogP contribution in [0.2, 0.25) is 0 Å². The lowest BCUT2D eigenvalue weighted by Gasteiger charge is -2.26. The van der Waals surface area contributed by atoms with Gasteiger partial charge in [0.05, 0.1) is 0 Å². The molecule has 2 N–H and O–H groups in total. The van der Waals surface area contributed by atoms with Crippen LogP contribution in [0.5, 0.6) is 0 Å². The molecule has 0 spiro atoms. The maximum atomic E-state index is 12.2. The molecule has 0 bridgehead atoms. The molecule has 4 heteroatoms. The molecule has 1 amide bonds. The van der Waals surface area contributed by atoms with Crippen LogP contribution in [0, 0.1) is 19.8 Å². The molecule has 0 aromatic heterocycles. The largest absolute Gasteiger partial charge is 0.330 e. The van der Waals surface area contributed by atoms with E-state index in [2.05, 4.69) is 13.0 Å². The lowest BCUT2D eigenvalue weighted by molar-refractivity contribution is -0.121. The number of nitrogens with two attached hydrogens (primary N) is 1. The summed E-state index contributed by atoms with van der Waals surface area (Å²) in [6, 6.07) is 6.04. The number of amides is 1. The number of carbonyl (C=O) groups is 1. The van der Waals surface area contributed by atoms with Crippen LogP contribution in [0.15, 0.2) is 18.2 Å². The van der Waals surface area contributed by atoms with Gasteiger partial charge >= 0.3 is 0 Å². The molecule has 1 rings (SSSR count). The summed E-state index contributed by atoms with van der Waals surface area (Å²) in [5.74, 6) is -0.0291. The Balaban J connectivity index is 0.00000289. The number of benzene rings is 1. The fourth-order valence-corrected chi connectivity index (χ4v) is 1.84. The Kier molecular flexibility index (Phi) is 6.96. The van der Waals surface area contributed by atoms with Gasteiger partial charge in [-0.2, -0.15) is 0 Å². The molecule has 1 aromatic carbocycles. The van der Waals surface area contributed by atoms with Gasteiger partial charge in [0.15, 0.2) is 0 Å². The van der Waals surface area contributed by atoms with Crippen molar-refractivity contribution in [1.82, 2.24) is 0 Å². The third-order valence-electron chi connectivity index (χ3n) is 3.22. The summed E-state index contributed by atoms with van der Waals surface area (Å²) in [7, 11) is 0. The molecule has 18 heavy (non-hydrogen) atoms. The van der Waals surface area contributed by atoms with E-state index in [1.807, 2.05) is 37.8 Å². The topological polar surface area (TPSA) is 46.3 Å². The predicted molar refractivity (Wildman–Crippen MR) is 79.4 cm³/mol. The van der Waals surface area contributed by atoms with Gasteiger partial charge in [0.25, 0.3) is 0 Å². The van der Waals surface area contributed by atoms with Crippen molar-refractivity contribution in [1.29, 1.82) is 0 Å². The van der Waals surface area contributed by atoms with Gasteiger partial charge in [-0.05, 0) is 38.0 Å². The van der Waals surface area contributed by atoms with Crippen molar-refractivity contribution < 1.29 is 4.79 Å². The van der Waals surface area contributed by atoms with Crippen LogP contribution in [0.25, 0.3) is 0 Å². The van der Waals surface area contributed by atoms with Gasteiger partial charge in [0.1, 0.15) is 0 Å². The van der Waals surface area contributed by atoms with Crippen LogP contribution in [0.3, 0.4) is 0 Å². The van der Waals surface area contributed by atoms with E-state index >= 15 is 0 Å². The summed E-state index contributed by atoms with van der Waals surface area (Å²) in [5, 5.41) is 0. The molecule has 1 atom stereocenters. The molecule has 0 aliphatic carbocycles. The molecule has 0 radical (unpaired) electrons. The molecule has 0 aliphatic heterocycles. The second kappa shape index (κ2) is 7.39. The van der Waals surface area contributed by atoms with E-state index in [-0.39, 0.29) is 24.2 Å². The number of halogens is 1. The molecular weight excluding hydrogens is 248 g/mol. The smallest absolute Gasteiger partial charge is 0.231 e. The first-order valence-electron chi connectivity index (χ1n) is 6.10. The van der Waals surface area contributed by atoms with Gasteiger partial charge in [-0.3, -0.25) is 4.79 Å². The quantitative estimate of drug-likeness (QED) is 0.914. The van der Waals surface area contributed by atoms with Crippen molar-refractivity contribution in [2.24, 2.45) is 11.7 Å². The SMILES string of the molecule is CCN(C(=O)C(C)CN)c1cccc(C)c1C.Cl. The summed E-state index contributed by atoms with van der Waals surface area (Å²) < 4.78 is 0. The van der Waals surface area contributed by atoms with Crippen LogP contribution < -0.4 is 10.6 Å². The average molecular weight is 271 g/mol. The number of anilines is 1. The molecule has 102 valence electrons. The summed E-state index contributed by atoms with van der Waals surface area (Å²) in [5.41, 5.74) is 8.92. The number of hydrogen-bond acceptors (Lipinski definition) is 2. The van der Waals surface area contributed by atoms with Crippen LogP contribution in [-0.2, 0) is 4.79 Å². The van der Waals surface area contributed by atoms with Gasteiger partial charge < -0.3 is 10.6 Å². The first-order valence-corrected chi connectivity index (χ1v) is 6.10. The Hall–Kier alpha value is -1.06. The van der Waals surface area contributed by atoms with Gasteiger partial charge in [-0.25, -0.2) is 0 Å². The summed E-state index contributed by atoms with van der Waals surface area (Å²) in [6.07, 6.45) is 0. The summed E-state index contributed by atoms with van der Waals surface area (Å²) >= 11 is 0. The van der Waals surface area contributed by atoms with E-state index in [1.165, 1.54) is 5.56 Å². The van der Waals surface area contributed by atoms with E-state index in [4.69, 9.17) is 5.73 Å². The van der Waals surface area contributed by atoms with Crippen molar-refractivity contribution in [2.75, 3.05) is 18.0 Å². The van der Waals surface area contributed by atoms with Gasteiger partial charge in [0.2, 0.25) is 5.91 Å². The van der Waals surface area contributed by atoms with E-state index in [9.17, 15) is 4.79 Å². The highest BCUT2D eigenvalue weighted by Gasteiger charge is 2.20. The molecule has 0 heterocycles. The first-order chi connectivity index (χ1) is 8.02. The summed E-state index contributed by atoms with van der Waals surface area (Å²) in [6.45, 7) is 9.03. The Labute approximate surface area is 116 Å². The molecule has 0 saturated carbocycles. The zero-order valence-corrected chi connectivity index (χ0v) is 12.4. The van der Waals surface area contributed by atoms with Crippen LogP contribution in [0.4, 0.5) is 5.69 Å². The number of nitrogens with zero attached hydrogens (tertiary/aromatic N) is 1. The Morgan fingerprint density at radius 2 is 2.00 bits per heavy atom. The third kappa shape index (κ3) is 3.47. The highest BCUT2D eigenvalue weighted by molar-refractivity contribution is 5.95.